The third kappa shape index (κ3) is 4.74. The average molecular weight is 270 g/mol. The molecule has 0 aliphatic heterocycles. The molecule has 0 bridgehead atoms. The lowest BCUT2D eigenvalue weighted by Crippen LogP contribution is -2.20. The Morgan fingerprint density at radius 2 is 1.45 bits per heavy atom. The summed E-state index contributed by atoms with van der Waals surface area (Å²) in [7, 11) is 0. The molecule has 3 N–H and O–H groups in total. The van der Waals surface area contributed by atoms with Crippen molar-refractivity contribution in [1.29, 1.82) is 0 Å². The molecular weight excluding hydrogens is 252 g/mol. The predicted molar refractivity (Wildman–Crippen MR) is 78.3 cm³/mol. The lowest BCUT2D eigenvalue weighted by molar-refractivity contribution is 0.194. The van der Waals surface area contributed by atoms with Gasteiger partial charge in [0.2, 0.25) is 0 Å². The first-order chi connectivity index (χ1) is 9.74. The van der Waals surface area contributed by atoms with Crippen LogP contribution in [0, 0.1) is 0 Å². The van der Waals surface area contributed by atoms with Gasteiger partial charge in [-0.2, -0.15) is 0 Å². The third-order valence-corrected chi connectivity index (χ3v) is 2.94. The Balaban J connectivity index is 1.83. The van der Waals surface area contributed by atoms with Crippen molar-refractivity contribution >= 4 is 6.09 Å². The van der Waals surface area contributed by atoms with Gasteiger partial charge < -0.3 is 15.7 Å². The standard InChI is InChI=1S/C16H18N2O2/c19-16(20)18-12-15-8-4-7-14(9-15)11-17-10-13-5-2-1-3-6-13/h1-9,17-18H,10-12H2,(H,19,20). The smallest absolute Gasteiger partial charge is 0.404 e. The van der Waals surface area contributed by atoms with Crippen molar-refractivity contribution in [2.75, 3.05) is 0 Å². The van der Waals surface area contributed by atoms with E-state index in [0.29, 0.717) is 6.54 Å². The van der Waals surface area contributed by atoms with Crippen molar-refractivity contribution in [2.24, 2.45) is 0 Å². The molecule has 0 aromatic heterocycles. The summed E-state index contributed by atoms with van der Waals surface area (Å²) in [4.78, 5) is 10.5. The van der Waals surface area contributed by atoms with Crippen molar-refractivity contribution in [2.45, 2.75) is 19.6 Å². The summed E-state index contributed by atoms with van der Waals surface area (Å²) in [6, 6.07) is 18.1. The molecule has 0 heterocycles. The number of carboxylic acid groups (broad SMARTS) is 1. The van der Waals surface area contributed by atoms with Crippen molar-refractivity contribution in [3.63, 3.8) is 0 Å². The third-order valence-electron chi connectivity index (χ3n) is 2.94. The van der Waals surface area contributed by atoms with Crippen LogP contribution in [0.4, 0.5) is 4.79 Å². The summed E-state index contributed by atoms with van der Waals surface area (Å²) >= 11 is 0. The summed E-state index contributed by atoms with van der Waals surface area (Å²) in [6.45, 7) is 1.91. The van der Waals surface area contributed by atoms with Gasteiger partial charge in [0.15, 0.2) is 0 Å². The number of benzene rings is 2. The molecule has 1 amide bonds. The quantitative estimate of drug-likeness (QED) is 0.756. The molecule has 0 aliphatic carbocycles. The van der Waals surface area contributed by atoms with E-state index in [1.807, 2.05) is 42.5 Å². The Morgan fingerprint density at radius 1 is 0.850 bits per heavy atom. The largest absolute Gasteiger partial charge is 0.465 e. The fourth-order valence-electron chi connectivity index (χ4n) is 1.97. The maximum absolute atomic E-state index is 10.5. The maximum Gasteiger partial charge on any atom is 0.404 e. The molecule has 2 aromatic rings. The van der Waals surface area contributed by atoms with E-state index in [9.17, 15) is 4.79 Å². The molecule has 0 atom stereocenters. The zero-order valence-corrected chi connectivity index (χ0v) is 11.2. The van der Waals surface area contributed by atoms with E-state index in [0.717, 1.165) is 24.2 Å². The first kappa shape index (κ1) is 14.1. The van der Waals surface area contributed by atoms with Crippen LogP contribution in [0.1, 0.15) is 16.7 Å². The number of rotatable bonds is 6. The minimum Gasteiger partial charge on any atom is -0.465 e. The maximum atomic E-state index is 10.5. The van der Waals surface area contributed by atoms with Crippen LogP contribution in [0.2, 0.25) is 0 Å². The summed E-state index contributed by atoms with van der Waals surface area (Å²) in [5.74, 6) is 0. The first-order valence-electron chi connectivity index (χ1n) is 6.53. The monoisotopic (exact) mass is 270 g/mol. The molecule has 4 heteroatoms. The van der Waals surface area contributed by atoms with E-state index in [1.54, 1.807) is 0 Å². The number of carbonyl (C=O) groups is 1. The number of nitrogens with one attached hydrogen (secondary N) is 2. The van der Waals surface area contributed by atoms with Gasteiger partial charge in [0.1, 0.15) is 0 Å². The van der Waals surface area contributed by atoms with Gasteiger partial charge >= 0.3 is 6.09 Å². The van der Waals surface area contributed by atoms with Gasteiger partial charge in [-0.05, 0) is 16.7 Å². The van der Waals surface area contributed by atoms with Crippen LogP contribution in [0.25, 0.3) is 0 Å². The van der Waals surface area contributed by atoms with Crippen molar-refractivity contribution < 1.29 is 9.90 Å². The Morgan fingerprint density at radius 3 is 2.15 bits per heavy atom. The molecule has 0 unspecified atom stereocenters. The van der Waals surface area contributed by atoms with Gasteiger partial charge in [0.05, 0.1) is 0 Å². The molecular formula is C16H18N2O2. The fourth-order valence-corrected chi connectivity index (χ4v) is 1.97. The summed E-state index contributed by atoms with van der Waals surface area (Å²) in [5, 5.41) is 14.3. The fraction of sp³-hybridized carbons (Fsp3) is 0.188. The van der Waals surface area contributed by atoms with E-state index >= 15 is 0 Å². The molecule has 2 rings (SSSR count). The topological polar surface area (TPSA) is 61.4 Å². The molecule has 104 valence electrons. The van der Waals surface area contributed by atoms with Crippen LogP contribution in [-0.4, -0.2) is 11.2 Å². The van der Waals surface area contributed by atoms with Crippen LogP contribution in [0.15, 0.2) is 54.6 Å². The molecule has 0 radical (unpaired) electrons. The average Bonchev–Trinajstić information content (AvgIpc) is 2.47. The molecule has 0 saturated heterocycles. The summed E-state index contributed by atoms with van der Waals surface area (Å²) < 4.78 is 0. The van der Waals surface area contributed by atoms with Crippen LogP contribution in [0.5, 0.6) is 0 Å². The number of hydrogen-bond donors (Lipinski definition) is 3. The predicted octanol–water partition coefficient (Wildman–Crippen LogP) is 2.74. The molecule has 0 spiro atoms. The second-order valence-corrected chi connectivity index (χ2v) is 4.57. The Kier molecular flexibility index (Phi) is 5.15. The second kappa shape index (κ2) is 7.31. The zero-order chi connectivity index (χ0) is 14.2. The molecule has 0 aliphatic rings. The first-order valence-corrected chi connectivity index (χ1v) is 6.53. The normalized spacial score (nSPS) is 10.2. The lowest BCUT2D eigenvalue weighted by Gasteiger charge is -2.07. The Labute approximate surface area is 118 Å². The zero-order valence-electron chi connectivity index (χ0n) is 11.2. The van der Waals surface area contributed by atoms with Crippen molar-refractivity contribution in [1.82, 2.24) is 10.6 Å². The van der Waals surface area contributed by atoms with Gasteiger partial charge in [-0.15, -0.1) is 0 Å². The lowest BCUT2D eigenvalue weighted by atomic mass is 10.1. The summed E-state index contributed by atoms with van der Waals surface area (Å²) in [6.07, 6.45) is -1.00. The highest BCUT2D eigenvalue weighted by atomic mass is 16.4. The van der Waals surface area contributed by atoms with E-state index in [-0.39, 0.29) is 0 Å². The van der Waals surface area contributed by atoms with E-state index in [4.69, 9.17) is 5.11 Å². The van der Waals surface area contributed by atoms with Gasteiger partial charge in [-0.25, -0.2) is 4.79 Å². The Bertz CT molecular complexity index is 555. The highest BCUT2D eigenvalue weighted by Crippen LogP contribution is 2.06. The number of amides is 1. The van der Waals surface area contributed by atoms with Crippen LogP contribution >= 0.6 is 0 Å². The molecule has 20 heavy (non-hydrogen) atoms. The van der Waals surface area contributed by atoms with Crippen molar-refractivity contribution in [3.8, 4) is 0 Å². The highest BCUT2D eigenvalue weighted by Gasteiger charge is 1.99. The number of hydrogen-bond acceptors (Lipinski definition) is 2. The van der Waals surface area contributed by atoms with Gasteiger partial charge in [0, 0.05) is 19.6 Å². The summed E-state index contributed by atoms with van der Waals surface area (Å²) in [5.41, 5.74) is 3.35. The Hall–Kier alpha value is -2.33. The van der Waals surface area contributed by atoms with Gasteiger partial charge in [-0.3, -0.25) is 0 Å². The molecule has 4 nitrogen and oxygen atoms in total. The van der Waals surface area contributed by atoms with Crippen molar-refractivity contribution in [3.05, 3.63) is 71.3 Å². The van der Waals surface area contributed by atoms with E-state index in [1.165, 1.54) is 5.56 Å². The SMILES string of the molecule is O=C(O)NCc1cccc(CNCc2ccccc2)c1. The minimum absolute atomic E-state index is 0.335. The minimum atomic E-state index is -1.00. The van der Waals surface area contributed by atoms with E-state index < -0.39 is 6.09 Å². The molecule has 0 fully saturated rings. The van der Waals surface area contributed by atoms with Crippen LogP contribution in [0.3, 0.4) is 0 Å². The van der Waals surface area contributed by atoms with Gasteiger partial charge in [0.25, 0.3) is 0 Å². The molecule has 2 aromatic carbocycles. The molecule has 0 saturated carbocycles. The second-order valence-electron chi connectivity index (χ2n) is 4.57. The van der Waals surface area contributed by atoms with Crippen LogP contribution in [-0.2, 0) is 19.6 Å². The van der Waals surface area contributed by atoms with Crippen LogP contribution < -0.4 is 10.6 Å². The van der Waals surface area contributed by atoms with Gasteiger partial charge in [-0.1, -0.05) is 54.6 Å². The highest BCUT2D eigenvalue weighted by molar-refractivity contribution is 5.64. The van der Waals surface area contributed by atoms with E-state index in [2.05, 4.69) is 22.8 Å².